The first-order chi connectivity index (χ1) is 13.6. The topological polar surface area (TPSA) is 92.9 Å². The van der Waals surface area contributed by atoms with Crippen LogP contribution in [0.25, 0.3) is 11.0 Å². The molecule has 0 aliphatic carbocycles. The van der Waals surface area contributed by atoms with Crippen molar-refractivity contribution in [3.63, 3.8) is 0 Å². The first kappa shape index (κ1) is 20.7. The number of urea groups is 1. The number of imide groups is 1. The molecule has 8 nitrogen and oxygen atoms in total. The van der Waals surface area contributed by atoms with Gasteiger partial charge in [0, 0.05) is 38.3 Å². The van der Waals surface area contributed by atoms with Crippen LogP contribution in [-0.2, 0) is 31.1 Å². The average Bonchev–Trinajstić information content (AvgIpc) is 3.14. The van der Waals surface area contributed by atoms with Crippen LogP contribution in [0.5, 0.6) is 5.75 Å². The largest absolute Gasteiger partial charge is 0.497 e. The van der Waals surface area contributed by atoms with Crippen molar-refractivity contribution in [2.75, 3.05) is 18.6 Å². The summed E-state index contributed by atoms with van der Waals surface area (Å²) in [6.07, 6.45) is 0.886. The van der Waals surface area contributed by atoms with Gasteiger partial charge < -0.3 is 9.26 Å². The normalized spacial score (nSPS) is 14.1. The second kappa shape index (κ2) is 8.54. The maximum Gasteiger partial charge on any atom is 0.332 e. The smallest absolute Gasteiger partial charge is 0.332 e. The molecule has 0 saturated carbocycles. The molecular weight excluding hydrogens is 552 g/mol. The number of aromatic nitrogens is 1. The molecule has 2 heterocycles. The van der Waals surface area contributed by atoms with Gasteiger partial charge in [0.05, 0.1) is 19.0 Å². The Morgan fingerprint density at radius 2 is 1.93 bits per heavy atom. The van der Waals surface area contributed by atoms with Gasteiger partial charge in [0.2, 0.25) is 5.91 Å². The molecule has 0 N–H and O–H groups in total. The van der Waals surface area contributed by atoms with E-state index in [1.54, 1.807) is 49.6 Å². The van der Waals surface area contributed by atoms with E-state index in [0.29, 0.717) is 34.4 Å². The molecule has 3 amide bonds. The summed E-state index contributed by atoms with van der Waals surface area (Å²) in [5.74, 6) is 0.746. The van der Waals surface area contributed by atoms with E-state index < -0.39 is 6.03 Å². The number of nitrogens with zero attached hydrogens (tertiary/aromatic N) is 3. The number of benzene rings is 2. The van der Waals surface area contributed by atoms with Gasteiger partial charge in [0.15, 0.2) is 11.4 Å². The van der Waals surface area contributed by atoms with Crippen LogP contribution in [0.2, 0.25) is 0 Å². The van der Waals surface area contributed by atoms with E-state index in [1.165, 1.54) is 9.80 Å². The number of rotatable bonds is 5. The number of hydrogen-bond acceptors (Lipinski definition) is 6. The minimum Gasteiger partial charge on any atom is -0.497 e. The van der Waals surface area contributed by atoms with Gasteiger partial charge in [-0.05, 0) is 35.9 Å². The average molecular weight is 570 g/mol. The maximum atomic E-state index is 13.0. The molecule has 1 fully saturated rings. The Balaban J connectivity index is 0.00000240. The zero-order chi connectivity index (χ0) is 19.7. The molecule has 0 unspecified atom stereocenters. The van der Waals surface area contributed by atoms with Crippen molar-refractivity contribution < 1.29 is 43.4 Å². The van der Waals surface area contributed by atoms with Crippen LogP contribution in [-0.4, -0.2) is 41.9 Å². The van der Waals surface area contributed by atoms with Crippen molar-refractivity contribution >= 4 is 35.0 Å². The molecule has 2 aromatic carbocycles. The van der Waals surface area contributed by atoms with E-state index in [1.807, 2.05) is 0 Å². The molecule has 0 radical (unpaired) electrons. The van der Waals surface area contributed by atoms with Crippen LogP contribution in [0.15, 0.2) is 47.0 Å². The summed E-state index contributed by atoms with van der Waals surface area (Å²) in [5, 5.41) is 4.55. The Hall–Kier alpha value is -3.04. The van der Waals surface area contributed by atoms with Crippen LogP contribution in [0.4, 0.5) is 10.6 Å². The fourth-order valence-corrected chi connectivity index (χ4v) is 3.17. The number of hydrogen-bond donors (Lipinski definition) is 0. The fourth-order valence-electron chi connectivity index (χ4n) is 3.17. The van der Waals surface area contributed by atoms with E-state index in [9.17, 15) is 14.4 Å². The van der Waals surface area contributed by atoms with Crippen LogP contribution >= 0.6 is 0 Å². The maximum absolute atomic E-state index is 13.0. The van der Waals surface area contributed by atoms with E-state index in [2.05, 4.69) is 5.16 Å². The molecule has 9 heteroatoms. The molecule has 4 rings (SSSR count). The predicted molar refractivity (Wildman–Crippen MR) is 100 cm³/mol. The second-order valence-corrected chi connectivity index (χ2v) is 6.39. The number of anilines is 1. The van der Waals surface area contributed by atoms with Crippen molar-refractivity contribution in [3.8, 4) is 5.75 Å². The summed E-state index contributed by atoms with van der Waals surface area (Å²) in [5.41, 5.74) is 1.72. The Morgan fingerprint density at radius 1 is 1.17 bits per heavy atom. The molecule has 1 saturated heterocycles. The number of methoxy groups -OCH3 is 1. The molecule has 1 aliphatic heterocycles. The third-order valence-corrected chi connectivity index (χ3v) is 4.68. The molecule has 0 atom stereocenters. The monoisotopic (exact) mass is 571 g/mol. The second-order valence-electron chi connectivity index (χ2n) is 6.39. The number of amides is 3. The van der Waals surface area contributed by atoms with Gasteiger partial charge in [0.1, 0.15) is 12.0 Å². The van der Waals surface area contributed by atoms with Crippen LogP contribution in [0, 0.1) is 0 Å². The number of fused-ring (bicyclic) bond motifs is 1. The molecule has 0 spiro atoms. The van der Waals surface area contributed by atoms with Crippen molar-refractivity contribution in [2.24, 2.45) is 0 Å². The van der Waals surface area contributed by atoms with Gasteiger partial charge in [-0.1, -0.05) is 17.3 Å². The fraction of sp³-hybridized carbons (Fsp3) is 0.200. The molecular formula is C20H17N3O5Os. The summed E-state index contributed by atoms with van der Waals surface area (Å²) in [6, 6.07) is 11.5. The molecule has 3 aromatic rings. The molecule has 0 bridgehead atoms. The number of ether oxygens (including phenoxy) is 1. The third-order valence-electron chi connectivity index (χ3n) is 4.68. The number of carbonyl (C=O) groups is 3. The quantitative estimate of drug-likeness (QED) is 0.439. The van der Waals surface area contributed by atoms with Gasteiger partial charge in [-0.25, -0.2) is 4.79 Å². The summed E-state index contributed by atoms with van der Waals surface area (Å²) in [4.78, 5) is 39.1. The standard InChI is InChI=1S/C20H17N3O5.Os/c1-27-15-5-2-13(3-6-15)11-23-18(25)8-9-22(20(23)26)19-16-10-14(12-24)4-7-17(16)28-21-19;/h2-7,10,12H,8-9,11H2,1H3;. The third kappa shape index (κ3) is 3.92. The first-order valence-corrected chi connectivity index (χ1v) is 8.70. The Kier molecular flexibility index (Phi) is 6.09. The minimum absolute atomic E-state index is 0. The molecule has 1 aromatic heterocycles. The first-order valence-electron chi connectivity index (χ1n) is 8.70. The zero-order valence-electron chi connectivity index (χ0n) is 15.5. The number of aldehydes is 1. The van der Waals surface area contributed by atoms with Gasteiger partial charge in [0.25, 0.3) is 0 Å². The van der Waals surface area contributed by atoms with Gasteiger partial charge in [-0.2, -0.15) is 0 Å². The SMILES string of the molecule is COc1ccc(CN2C(=O)CCN(c3noc4ccc(C=O)cc34)C2=O)cc1.[Os]. The molecule has 29 heavy (non-hydrogen) atoms. The molecule has 150 valence electrons. The van der Waals surface area contributed by atoms with Crippen molar-refractivity contribution in [3.05, 3.63) is 53.6 Å². The Labute approximate surface area is 179 Å². The van der Waals surface area contributed by atoms with Crippen LogP contribution in [0.1, 0.15) is 22.3 Å². The summed E-state index contributed by atoms with van der Waals surface area (Å²) in [6.45, 7) is 0.345. The van der Waals surface area contributed by atoms with E-state index >= 15 is 0 Å². The summed E-state index contributed by atoms with van der Waals surface area (Å²) >= 11 is 0. The number of carbonyl (C=O) groups excluding carboxylic acids is 3. The Morgan fingerprint density at radius 3 is 2.62 bits per heavy atom. The molecule has 1 aliphatic rings. The van der Waals surface area contributed by atoms with Gasteiger partial charge in [-0.3, -0.25) is 19.4 Å². The van der Waals surface area contributed by atoms with Crippen LogP contribution < -0.4 is 9.64 Å². The zero-order valence-corrected chi connectivity index (χ0v) is 18.0. The van der Waals surface area contributed by atoms with Crippen molar-refractivity contribution in [1.82, 2.24) is 10.1 Å². The van der Waals surface area contributed by atoms with E-state index in [-0.39, 0.29) is 45.2 Å². The van der Waals surface area contributed by atoms with E-state index in [0.717, 1.165) is 5.56 Å². The Bertz CT molecular complexity index is 1060. The summed E-state index contributed by atoms with van der Waals surface area (Å²) in [7, 11) is 1.57. The van der Waals surface area contributed by atoms with Crippen molar-refractivity contribution in [2.45, 2.75) is 13.0 Å². The predicted octanol–water partition coefficient (Wildman–Crippen LogP) is 3.01. The van der Waals surface area contributed by atoms with Crippen LogP contribution in [0.3, 0.4) is 0 Å². The van der Waals surface area contributed by atoms with Gasteiger partial charge >= 0.3 is 6.03 Å². The van der Waals surface area contributed by atoms with E-state index in [4.69, 9.17) is 9.26 Å². The summed E-state index contributed by atoms with van der Waals surface area (Å²) < 4.78 is 10.4. The van der Waals surface area contributed by atoms with Crippen molar-refractivity contribution in [1.29, 1.82) is 0 Å². The minimum atomic E-state index is -0.473. The van der Waals surface area contributed by atoms with Gasteiger partial charge in [-0.15, -0.1) is 0 Å².